The minimum absolute atomic E-state index is 0.217. The Morgan fingerprint density at radius 3 is 2.18 bits per heavy atom. The second-order valence-electron chi connectivity index (χ2n) is 8.58. The Hall–Kier alpha value is -1.30. The fourth-order valence-electron chi connectivity index (χ4n) is 6.21. The van der Waals surface area contributed by atoms with Gasteiger partial charge in [-0.05, 0) is 55.3 Å². The maximum Gasteiger partial charge on any atom is 0.328 e. The fraction of sp³-hybridized carbons (Fsp3) is 0.875. The zero-order valence-corrected chi connectivity index (χ0v) is 13.3. The van der Waals surface area contributed by atoms with Crippen molar-refractivity contribution in [3.8, 4) is 0 Å². The Morgan fingerprint density at radius 1 is 1.14 bits per heavy atom. The molecule has 6 heteroatoms. The van der Waals surface area contributed by atoms with Gasteiger partial charge < -0.3 is 20.8 Å². The first-order valence-electron chi connectivity index (χ1n) is 8.09. The van der Waals surface area contributed by atoms with Crippen LogP contribution in [0.25, 0.3) is 0 Å². The van der Waals surface area contributed by atoms with E-state index in [9.17, 15) is 9.59 Å². The van der Waals surface area contributed by atoms with Crippen molar-refractivity contribution in [2.45, 2.75) is 64.0 Å². The lowest BCUT2D eigenvalue weighted by atomic mass is 9.43. The third-order valence-electron chi connectivity index (χ3n) is 5.79. The summed E-state index contributed by atoms with van der Waals surface area (Å²) in [6.45, 7) is 4.03. The van der Waals surface area contributed by atoms with Gasteiger partial charge in [-0.3, -0.25) is 0 Å². The van der Waals surface area contributed by atoms with Crippen LogP contribution in [0.2, 0.25) is 0 Å². The molecule has 4 fully saturated rings. The van der Waals surface area contributed by atoms with E-state index in [1.807, 2.05) is 0 Å². The molecular weight excluding hydrogens is 284 g/mol. The number of carbonyl (C=O) groups excluding carboxylic acids is 1. The monoisotopic (exact) mass is 310 g/mol. The number of hydrogen-bond acceptors (Lipinski definition) is 3. The summed E-state index contributed by atoms with van der Waals surface area (Å²) < 4.78 is 0. The van der Waals surface area contributed by atoms with E-state index in [1.54, 1.807) is 0 Å². The highest BCUT2D eigenvalue weighted by Crippen LogP contribution is 2.66. The summed E-state index contributed by atoms with van der Waals surface area (Å²) >= 11 is 0. The topological polar surface area (TPSA) is 98.7 Å². The Kier molecular flexibility index (Phi) is 3.43. The van der Waals surface area contributed by atoms with Gasteiger partial charge in [-0.1, -0.05) is 13.8 Å². The molecule has 0 aliphatic heterocycles. The van der Waals surface area contributed by atoms with Crippen LogP contribution in [0, 0.1) is 16.7 Å². The molecule has 0 aromatic rings. The van der Waals surface area contributed by atoms with Gasteiger partial charge >= 0.3 is 12.0 Å². The highest BCUT2D eigenvalue weighted by atomic mass is 16.4. The van der Waals surface area contributed by atoms with Crippen LogP contribution < -0.4 is 10.6 Å². The van der Waals surface area contributed by atoms with Gasteiger partial charge in [0, 0.05) is 5.54 Å². The Morgan fingerprint density at radius 2 is 1.73 bits per heavy atom. The molecule has 4 bridgehead atoms. The van der Waals surface area contributed by atoms with Gasteiger partial charge in [0.25, 0.3) is 0 Å². The summed E-state index contributed by atoms with van der Waals surface area (Å²) in [6, 6.07) is -1.73. The quantitative estimate of drug-likeness (QED) is 0.632. The molecule has 2 unspecified atom stereocenters. The first-order valence-corrected chi connectivity index (χ1v) is 8.09. The van der Waals surface area contributed by atoms with Crippen molar-refractivity contribution in [3.63, 3.8) is 0 Å². The number of carboxylic acid groups (broad SMARTS) is 1. The average Bonchev–Trinajstić information content (AvgIpc) is 2.30. The Bertz CT molecular complexity index is 488. The van der Waals surface area contributed by atoms with Crippen LogP contribution in [0.1, 0.15) is 52.4 Å². The molecule has 22 heavy (non-hydrogen) atoms. The zero-order chi connectivity index (χ0) is 16.2. The lowest BCUT2D eigenvalue weighted by molar-refractivity contribution is -0.140. The molecule has 124 valence electrons. The smallest absolute Gasteiger partial charge is 0.328 e. The number of aliphatic carboxylic acids is 1. The number of hydrogen-bond donors (Lipinski definition) is 4. The summed E-state index contributed by atoms with van der Waals surface area (Å²) in [5.41, 5.74) is 0.348. The number of aliphatic hydroxyl groups is 1. The van der Waals surface area contributed by atoms with Gasteiger partial charge in [0.2, 0.25) is 0 Å². The number of carboxylic acids is 1. The number of nitrogens with one attached hydrogen (secondary N) is 2. The summed E-state index contributed by atoms with van der Waals surface area (Å²) in [7, 11) is 0. The van der Waals surface area contributed by atoms with Crippen LogP contribution in [0.4, 0.5) is 4.79 Å². The van der Waals surface area contributed by atoms with Gasteiger partial charge in [-0.25, -0.2) is 9.59 Å². The molecule has 0 saturated heterocycles. The first-order chi connectivity index (χ1) is 10.2. The van der Waals surface area contributed by atoms with Crippen LogP contribution >= 0.6 is 0 Å². The minimum atomic E-state index is -1.25. The predicted octanol–water partition coefficient (Wildman–Crippen LogP) is 1.48. The molecule has 2 amide bonds. The number of urea groups is 1. The minimum Gasteiger partial charge on any atom is -0.480 e. The van der Waals surface area contributed by atoms with E-state index in [4.69, 9.17) is 10.2 Å². The van der Waals surface area contributed by atoms with Gasteiger partial charge in [-0.15, -0.1) is 0 Å². The molecule has 0 radical (unpaired) electrons. The molecule has 0 heterocycles. The number of rotatable bonds is 4. The third-order valence-corrected chi connectivity index (χ3v) is 5.79. The zero-order valence-electron chi connectivity index (χ0n) is 13.3. The molecule has 4 rings (SSSR count). The van der Waals surface area contributed by atoms with Crippen molar-refractivity contribution < 1.29 is 19.8 Å². The van der Waals surface area contributed by atoms with Crippen LogP contribution in [0.15, 0.2) is 0 Å². The summed E-state index contributed by atoms with van der Waals surface area (Å²) in [4.78, 5) is 23.1. The van der Waals surface area contributed by atoms with E-state index in [-0.39, 0.29) is 16.4 Å². The highest BCUT2D eigenvalue weighted by molar-refractivity contribution is 5.83. The molecule has 4 N–H and O–H groups in total. The van der Waals surface area contributed by atoms with Crippen LogP contribution in [0.5, 0.6) is 0 Å². The average molecular weight is 310 g/mol. The van der Waals surface area contributed by atoms with E-state index < -0.39 is 24.6 Å². The molecule has 4 aliphatic carbocycles. The molecule has 0 aromatic heterocycles. The van der Waals surface area contributed by atoms with Crippen molar-refractivity contribution in [2.75, 3.05) is 6.61 Å². The summed E-state index contributed by atoms with van der Waals surface area (Å²) in [5.74, 6) is -0.568. The van der Waals surface area contributed by atoms with Crippen molar-refractivity contribution >= 4 is 12.0 Å². The number of aliphatic hydroxyl groups excluding tert-OH is 1. The van der Waals surface area contributed by atoms with Crippen LogP contribution in [0.3, 0.4) is 0 Å². The molecular formula is C16H26N2O4. The van der Waals surface area contributed by atoms with Crippen molar-refractivity contribution in [1.82, 2.24) is 10.6 Å². The second kappa shape index (κ2) is 4.85. The largest absolute Gasteiger partial charge is 0.480 e. The predicted molar refractivity (Wildman–Crippen MR) is 80.3 cm³/mol. The molecule has 4 aliphatic rings. The molecule has 0 aromatic carbocycles. The normalized spacial score (nSPS) is 43.7. The molecule has 3 atom stereocenters. The lowest BCUT2D eigenvalue weighted by Crippen LogP contribution is -2.66. The highest BCUT2D eigenvalue weighted by Gasteiger charge is 2.60. The maximum absolute atomic E-state index is 12.2. The summed E-state index contributed by atoms with van der Waals surface area (Å²) in [6.07, 6.45) is 6.62. The van der Waals surface area contributed by atoms with Gasteiger partial charge in [0.05, 0.1) is 6.61 Å². The molecule has 4 saturated carbocycles. The Balaban J connectivity index is 1.72. The lowest BCUT2D eigenvalue weighted by Gasteiger charge is -2.65. The molecule has 6 nitrogen and oxygen atoms in total. The third kappa shape index (κ3) is 2.69. The second-order valence-corrected chi connectivity index (χ2v) is 8.58. The van der Waals surface area contributed by atoms with Gasteiger partial charge in [-0.2, -0.15) is 0 Å². The van der Waals surface area contributed by atoms with Gasteiger partial charge in [0.15, 0.2) is 6.04 Å². The van der Waals surface area contributed by atoms with Crippen LogP contribution in [-0.2, 0) is 4.79 Å². The van der Waals surface area contributed by atoms with Crippen molar-refractivity contribution in [2.24, 2.45) is 16.7 Å². The van der Waals surface area contributed by atoms with E-state index in [0.717, 1.165) is 19.3 Å². The summed E-state index contributed by atoms with van der Waals surface area (Å²) in [5, 5.41) is 23.4. The van der Waals surface area contributed by atoms with E-state index in [0.29, 0.717) is 5.92 Å². The van der Waals surface area contributed by atoms with E-state index >= 15 is 0 Å². The maximum atomic E-state index is 12.2. The standard InChI is InChI=1S/C16H26N2O4/c1-14-3-10-4-15(2,7-14)9-16(5-10,8-14)18-13(22)17-11(6-19)12(20)21/h10-11,19H,3-9H2,1-2H3,(H,20,21)(H2,17,18,22)/t10?,11-,14?,15?,16?/m0/s1. The van der Waals surface area contributed by atoms with E-state index in [1.165, 1.54) is 19.3 Å². The number of amides is 2. The van der Waals surface area contributed by atoms with Gasteiger partial charge in [0.1, 0.15) is 0 Å². The first kappa shape index (κ1) is 15.6. The van der Waals surface area contributed by atoms with Crippen LogP contribution in [-0.4, -0.2) is 40.4 Å². The molecule has 0 spiro atoms. The van der Waals surface area contributed by atoms with Crippen molar-refractivity contribution in [3.05, 3.63) is 0 Å². The number of carbonyl (C=O) groups is 2. The van der Waals surface area contributed by atoms with Crippen molar-refractivity contribution in [1.29, 1.82) is 0 Å². The fourth-order valence-corrected chi connectivity index (χ4v) is 6.21. The Labute approximate surface area is 130 Å². The SMILES string of the molecule is CC12CC3CC(C)(C1)CC(NC(=O)N[C@@H](CO)C(=O)O)(C3)C2. The van der Waals surface area contributed by atoms with E-state index in [2.05, 4.69) is 24.5 Å².